The Morgan fingerprint density at radius 3 is 2.41 bits per heavy atom. The van der Waals surface area contributed by atoms with Crippen LogP contribution in [0.15, 0.2) is 96.2 Å². The zero-order valence-electron chi connectivity index (χ0n) is 15.4. The highest BCUT2D eigenvalue weighted by molar-refractivity contribution is 6.30. The number of benzene rings is 3. The molecule has 1 amide bonds. The number of hydrogen-bond acceptors (Lipinski definition) is 3. The quantitative estimate of drug-likeness (QED) is 0.380. The lowest BCUT2D eigenvalue weighted by Gasteiger charge is -2.00. The molecule has 0 unspecified atom stereocenters. The minimum Gasteiger partial charge on any atom is -0.267 e. The van der Waals surface area contributed by atoms with Gasteiger partial charge in [0, 0.05) is 27.9 Å². The first-order chi connectivity index (χ1) is 14.2. The second-order valence-corrected chi connectivity index (χ2v) is 6.73. The molecule has 0 bridgehead atoms. The van der Waals surface area contributed by atoms with E-state index in [4.69, 9.17) is 16.7 Å². The molecule has 0 aliphatic rings. The second kappa shape index (κ2) is 8.54. The van der Waals surface area contributed by atoms with E-state index in [0.29, 0.717) is 10.6 Å². The molecule has 4 aromatic rings. The molecule has 1 N–H and O–H groups in total. The zero-order chi connectivity index (χ0) is 20.1. The monoisotopic (exact) mass is 400 g/mol. The molecule has 4 rings (SSSR count). The van der Waals surface area contributed by atoms with Crippen LogP contribution in [0.2, 0.25) is 5.02 Å². The van der Waals surface area contributed by atoms with Crippen LogP contribution in [-0.4, -0.2) is 21.9 Å². The molecule has 1 aromatic heterocycles. The Hall–Kier alpha value is -3.70. The van der Waals surface area contributed by atoms with Crippen LogP contribution in [0, 0.1) is 0 Å². The lowest BCUT2D eigenvalue weighted by Crippen LogP contribution is -2.17. The number of nitrogens with zero attached hydrogens (tertiary/aromatic N) is 3. The van der Waals surface area contributed by atoms with Gasteiger partial charge in [-0.2, -0.15) is 10.2 Å². The summed E-state index contributed by atoms with van der Waals surface area (Å²) >= 11 is 5.94. The van der Waals surface area contributed by atoms with E-state index in [1.807, 2.05) is 66.9 Å². The van der Waals surface area contributed by atoms with Crippen LogP contribution in [0.4, 0.5) is 0 Å². The molecular formula is C23H17ClN4O. The number of hydrazone groups is 1. The number of nitrogens with one attached hydrogen (secondary N) is 1. The van der Waals surface area contributed by atoms with E-state index in [2.05, 4.69) is 10.5 Å². The van der Waals surface area contributed by atoms with Crippen LogP contribution >= 0.6 is 11.6 Å². The minimum atomic E-state index is -0.333. The molecule has 0 saturated carbocycles. The molecule has 5 nitrogen and oxygen atoms in total. The van der Waals surface area contributed by atoms with Gasteiger partial charge in [-0.25, -0.2) is 10.1 Å². The molecule has 0 atom stereocenters. The number of hydrogen-bond donors (Lipinski definition) is 1. The van der Waals surface area contributed by atoms with Crippen LogP contribution in [0.25, 0.3) is 16.9 Å². The summed E-state index contributed by atoms with van der Waals surface area (Å²) in [7, 11) is 0. The van der Waals surface area contributed by atoms with Crippen molar-refractivity contribution in [2.75, 3.05) is 0 Å². The predicted octanol–water partition coefficient (Wildman–Crippen LogP) is 4.96. The Labute approximate surface area is 173 Å². The van der Waals surface area contributed by atoms with Crippen molar-refractivity contribution < 1.29 is 4.79 Å². The highest BCUT2D eigenvalue weighted by Gasteiger charge is 2.11. The van der Waals surface area contributed by atoms with Crippen molar-refractivity contribution in [1.29, 1.82) is 0 Å². The van der Waals surface area contributed by atoms with Crippen molar-refractivity contribution in [3.05, 3.63) is 107 Å². The molecule has 142 valence electrons. The third-order valence-corrected chi connectivity index (χ3v) is 4.50. The average Bonchev–Trinajstić information content (AvgIpc) is 3.19. The average molecular weight is 401 g/mol. The fraction of sp³-hybridized carbons (Fsp3) is 0. The molecule has 0 fully saturated rings. The van der Waals surface area contributed by atoms with Gasteiger partial charge in [-0.1, -0.05) is 66.2 Å². The molecule has 1 heterocycles. The van der Waals surface area contributed by atoms with Crippen molar-refractivity contribution in [1.82, 2.24) is 15.2 Å². The number of para-hydroxylation sites is 1. The molecule has 6 heteroatoms. The van der Waals surface area contributed by atoms with E-state index in [-0.39, 0.29) is 5.91 Å². The number of amides is 1. The Morgan fingerprint density at radius 2 is 1.69 bits per heavy atom. The predicted molar refractivity (Wildman–Crippen MR) is 116 cm³/mol. The van der Waals surface area contributed by atoms with Crippen molar-refractivity contribution in [3.8, 4) is 16.9 Å². The number of aromatic nitrogens is 2. The van der Waals surface area contributed by atoms with Crippen molar-refractivity contribution in [2.45, 2.75) is 0 Å². The first kappa shape index (κ1) is 18.7. The highest BCUT2D eigenvalue weighted by Crippen LogP contribution is 2.22. The standard InChI is InChI=1S/C23H17ClN4O/c24-20-11-7-10-18(14-20)23(29)26-25-15-19-16-28(21-12-5-2-6-13-21)27-22(19)17-8-3-1-4-9-17/h1-16H,(H,26,29)/b25-15-. The van der Waals surface area contributed by atoms with Crippen LogP contribution in [0.1, 0.15) is 15.9 Å². The van der Waals surface area contributed by atoms with Gasteiger partial charge in [0.15, 0.2) is 0 Å². The fourth-order valence-corrected chi connectivity index (χ4v) is 3.06. The van der Waals surface area contributed by atoms with Gasteiger partial charge in [0.05, 0.1) is 11.9 Å². The SMILES string of the molecule is O=C(N/N=C\c1cn(-c2ccccc2)nc1-c1ccccc1)c1cccc(Cl)c1. The summed E-state index contributed by atoms with van der Waals surface area (Å²) in [6.45, 7) is 0. The summed E-state index contributed by atoms with van der Waals surface area (Å²) in [5.74, 6) is -0.333. The highest BCUT2D eigenvalue weighted by atomic mass is 35.5. The molecule has 0 radical (unpaired) electrons. The lowest BCUT2D eigenvalue weighted by atomic mass is 10.1. The molecular weight excluding hydrogens is 384 g/mol. The maximum absolute atomic E-state index is 12.3. The van der Waals surface area contributed by atoms with Gasteiger partial charge < -0.3 is 0 Å². The third-order valence-electron chi connectivity index (χ3n) is 4.27. The summed E-state index contributed by atoms with van der Waals surface area (Å²) in [4.78, 5) is 12.3. The van der Waals surface area contributed by atoms with E-state index in [0.717, 1.165) is 22.5 Å². The van der Waals surface area contributed by atoms with E-state index >= 15 is 0 Å². The summed E-state index contributed by atoms with van der Waals surface area (Å²) < 4.78 is 1.79. The van der Waals surface area contributed by atoms with Gasteiger partial charge in [-0.15, -0.1) is 0 Å². The number of carbonyl (C=O) groups excluding carboxylic acids is 1. The van der Waals surface area contributed by atoms with Gasteiger partial charge in [-0.05, 0) is 30.3 Å². The Bertz CT molecular complexity index is 1150. The minimum absolute atomic E-state index is 0.333. The van der Waals surface area contributed by atoms with Crippen molar-refractivity contribution >= 4 is 23.7 Å². The topological polar surface area (TPSA) is 59.3 Å². The Kier molecular flexibility index (Phi) is 5.49. The van der Waals surface area contributed by atoms with Crippen LogP contribution < -0.4 is 5.43 Å². The summed E-state index contributed by atoms with van der Waals surface area (Å²) in [6.07, 6.45) is 3.48. The largest absolute Gasteiger partial charge is 0.271 e. The zero-order valence-corrected chi connectivity index (χ0v) is 16.1. The van der Waals surface area contributed by atoms with E-state index in [1.54, 1.807) is 35.2 Å². The second-order valence-electron chi connectivity index (χ2n) is 6.29. The molecule has 29 heavy (non-hydrogen) atoms. The van der Waals surface area contributed by atoms with E-state index in [1.165, 1.54) is 0 Å². The fourth-order valence-electron chi connectivity index (χ4n) is 2.87. The number of halogens is 1. The first-order valence-electron chi connectivity index (χ1n) is 9.00. The molecule has 0 spiro atoms. The van der Waals surface area contributed by atoms with Crippen molar-refractivity contribution in [2.24, 2.45) is 5.10 Å². The van der Waals surface area contributed by atoms with Crippen molar-refractivity contribution in [3.63, 3.8) is 0 Å². The van der Waals surface area contributed by atoms with Crippen LogP contribution in [-0.2, 0) is 0 Å². The summed E-state index contributed by atoms with van der Waals surface area (Å²) in [5.41, 5.74) is 6.44. The van der Waals surface area contributed by atoms with Gasteiger partial charge in [0.25, 0.3) is 5.91 Å². The Balaban J connectivity index is 1.62. The first-order valence-corrected chi connectivity index (χ1v) is 9.38. The Morgan fingerprint density at radius 1 is 0.966 bits per heavy atom. The van der Waals surface area contributed by atoms with Gasteiger partial charge >= 0.3 is 0 Å². The maximum atomic E-state index is 12.3. The van der Waals surface area contributed by atoms with Gasteiger partial charge in [0.2, 0.25) is 0 Å². The van der Waals surface area contributed by atoms with E-state index < -0.39 is 0 Å². The normalized spacial score (nSPS) is 10.9. The molecule has 0 aliphatic heterocycles. The summed E-state index contributed by atoms with van der Waals surface area (Å²) in [5, 5.41) is 9.33. The molecule has 0 aliphatic carbocycles. The van der Waals surface area contributed by atoms with E-state index in [9.17, 15) is 4.79 Å². The number of carbonyl (C=O) groups is 1. The molecule has 3 aromatic carbocycles. The van der Waals surface area contributed by atoms with Crippen LogP contribution in [0.3, 0.4) is 0 Å². The lowest BCUT2D eigenvalue weighted by molar-refractivity contribution is 0.0955. The van der Waals surface area contributed by atoms with Gasteiger partial charge in [-0.3, -0.25) is 4.79 Å². The maximum Gasteiger partial charge on any atom is 0.271 e. The molecule has 0 saturated heterocycles. The summed E-state index contributed by atoms with van der Waals surface area (Å²) in [6, 6.07) is 26.4. The smallest absolute Gasteiger partial charge is 0.267 e. The van der Waals surface area contributed by atoms with Crippen LogP contribution in [0.5, 0.6) is 0 Å². The number of rotatable bonds is 5. The van der Waals surface area contributed by atoms with Gasteiger partial charge in [0.1, 0.15) is 5.69 Å². The third kappa shape index (κ3) is 4.42.